The van der Waals surface area contributed by atoms with Gasteiger partial charge in [0.05, 0.1) is 16.3 Å². The van der Waals surface area contributed by atoms with Gasteiger partial charge in [-0.3, -0.25) is 0 Å². The van der Waals surface area contributed by atoms with Crippen molar-refractivity contribution in [3.8, 4) is 5.75 Å². The lowest BCUT2D eigenvalue weighted by molar-refractivity contribution is 0.0503. The molecule has 1 saturated heterocycles. The van der Waals surface area contributed by atoms with Crippen molar-refractivity contribution in [1.82, 2.24) is 5.32 Å². The van der Waals surface area contributed by atoms with E-state index < -0.39 is 0 Å². The molecule has 0 bridgehead atoms. The molecular weight excluding hydrogens is 330 g/mol. The number of anilines is 2. The van der Waals surface area contributed by atoms with E-state index in [2.05, 4.69) is 25.2 Å². The van der Waals surface area contributed by atoms with Gasteiger partial charge in [-0.15, -0.1) is 0 Å². The van der Waals surface area contributed by atoms with Crippen molar-refractivity contribution in [3.63, 3.8) is 0 Å². The van der Waals surface area contributed by atoms with Crippen LogP contribution in [0.15, 0.2) is 52.3 Å². The summed E-state index contributed by atoms with van der Waals surface area (Å²) >= 11 is 1.64. The Bertz CT molecular complexity index is 727. The van der Waals surface area contributed by atoms with E-state index in [4.69, 9.17) is 16.2 Å². The molecule has 1 atom stereocenters. The van der Waals surface area contributed by atoms with Crippen molar-refractivity contribution in [3.05, 3.63) is 42.5 Å². The van der Waals surface area contributed by atoms with Gasteiger partial charge in [0.1, 0.15) is 11.4 Å². The average molecular weight is 358 g/mol. The molecule has 0 spiro atoms. The Morgan fingerprint density at radius 3 is 2.60 bits per heavy atom. The van der Waals surface area contributed by atoms with Crippen molar-refractivity contribution in [1.29, 1.82) is 0 Å². The van der Waals surface area contributed by atoms with Crippen LogP contribution in [0.1, 0.15) is 33.1 Å². The van der Waals surface area contributed by atoms with Crippen molar-refractivity contribution >= 4 is 23.1 Å². The number of benzene rings is 2. The molecule has 25 heavy (non-hydrogen) atoms. The van der Waals surface area contributed by atoms with Crippen molar-refractivity contribution in [2.45, 2.75) is 54.5 Å². The van der Waals surface area contributed by atoms with Gasteiger partial charge >= 0.3 is 0 Å². The Morgan fingerprint density at radius 1 is 1.08 bits per heavy atom. The minimum Gasteiger partial charge on any atom is -0.485 e. The molecule has 4 nitrogen and oxygen atoms in total. The predicted molar refractivity (Wildman–Crippen MR) is 106 cm³/mol. The molecule has 134 valence electrons. The van der Waals surface area contributed by atoms with Crippen molar-refractivity contribution in [2.24, 2.45) is 0 Å². The van der Waals surface area contributed by atoms with Crippen LogP contribution in [0.25, 0.3) is 0 Å². The molecule has 0 saturated carbocycles. The number of rotatable bonds is 5. The van der Waals surface area contributed by atoms with E-state index in [0.29, 0.717) is 17.4 Å². The van der Waals surface area contributed by atoms with Gasteiger partial charge in [-0.05, 0) is 63.6 Å². The van der Waals surface area contributed by atoms with E-state index in [1.807, 2.05) is 36.4 Å². The number of para-hydroxylation sites is 1. The molecule has 5 N–H and O–H groups in total. The summed E-state index contributed by atoms with van der Waals surface area (Å²) in [6, 6.07) is 14.3. The fourth-order valence-electron chi connectivity index (χ4n) is 3.16. The summed E-state index contributed by atoms with van der Waals surface area (Å²) in [6.07, 6.45) is 3.65. The lowest BCUT2D eigenvalue weighted by atomic mass is 9.91. The molecule has 0 radical (unpaired) electrons. The van der Waals surface area contributed by atoms with Gasteiger partial charge in [-0.25, -0.2) is 0 Å². The summed E-state index contributed by atoms with van der Waals surface area (Å²) in [5.74, 6) is 0.903. The fourth-order valence-corrected chi connectivity index (χ4v) is 4.09. The molecule has 1 unspecified atom stereocenters. The third-order valence-electron chi connectivity index (χ3n) is 4.66. The highest BCUT2D eigenvalue weighted by Gasteiger charge is 2.33. The normalized spacial score (nSPS) is 18.1. The van der Waals surface area contributed by atoms with Crippen LogP contribution in [-0.4, -0.2) is 18.2 Å². The topological polar surface area (TPSA) is 73.3 Å². The van der Waals surface area contributed by atoms with E-state index in [1.165, 1.54) is 12.8 Å². The fraction of sp³-hybridized carbons (Fsp3) is 0.400. The van der Waals surface area contributed by atoms with E-state index in [9.17, 15) is 0 Å². The Morgan fingerprint density at radius 2 is 1.88 bits per heavy atom. The zero-order chi connectivity index (χ0) is 17.9. The van der Waals surface area contributed by atoms with Gasteiger partial charge in [-0.2, -0.15) is 0 Å². The van der Waals surface area contributed by atoms with Crippen LogP contribution in [0.2, 0.25) is 0 Å². The summed E-state index contributed by atoms with van der Waals surface area (Å²) in [6.45, 7) is 5.40. The largest absolute Gasteiger partial charge is 0.485 e. The lowest BCUT2D eigenvalue weighted by Crippen LogP contribution is -2.52. The number of hydrogen-bond acceptors (Lipinski definition) is 5. The number of piperidine rings is 1. The zero-order valence-corrected chi connectivity index (χ0v) is 15.7. The van der Waals surface area contributed by atoms with E-state index >= 15 is 0 Å². The van der Waals surface area contributed by atoms with Crippen molar-refractivity contribution in [2.75, 3.05) is 18.0 Å². The van der Waals surface area contributed by atoms with Crippen LogP contribution >= 0.6 is 11.8 Å². The predicted octanol–water partition coefficient (Wildman–Crippen LogP) is 4.30. The summed E-state index contributed by atoms with van der Waals surface area (Å²) in [7, 11) is 0. The zero-order valence-electron chi connectivity index (χ0n) is 14.9. The maximum atomic E-state index is 6.46. The number of hydrogen-bond donors (Lipinski definition) is 3. The van der Waals surface area contributed by atoms with E-state index in [0.717, 1.165) is 28.5 Å². The highest BCUT2D eigenvalue weighted by atomic mass is 32.2. The standard InChI is InChI=1S/C20H27N3OS/c1-20(2,19-9-5-6-12-23-19)24-17-7-3-4-8-18(17)25-14-10-11-15(21)16(22)13-14/h3-4,7-8,10-11,13,19,23H,5-6,9,12,21-22H2,1-2H3. The third-order valence-corrected chi connectivity index (χ3v) is 5.70. The SMILES string of the molecule is CC(C)(Oc1ccccc1Sc1ccc(N)c(N)c1)C1CCCCN1. The summed E-state index contributed by atoms with van der Waals surface area (Å²) in [4.78, 5) is 2.13. The van der Waals surface area contributed by atoms with Gasteiger partial charge in [0.2, 0.25) is 0 Å². The Kier molecular flexibility index (Phi) is 5.45. The lowest BCUT2D eigenvalue weighted by Gasteiger charge is -2.38. The number of nitrogens with one attached hydrogen (secondary N) is 1. The molecule has 2 aromatic rings. The Labute approximate surface area is 154 Å². The van der Waals surface area contributed by atoms with E-state index in [1.54, 1.807) is 11.8 Å². The molecule has 1 aliphatic heterocycles. The number of ether oxygens (including phenoxy) is 1. The average Bonchev–Trinajstić information content (AvgIpc) is 2.60. The number of nitrogen functional groups attached to an aromatic ring is 2. The van der Waals surface area contributed by atoms with Gasteiger partial charge in [0, 0.05) is 10.9 Å². The minimum atomic E-state index is -0.267. The molecule has 1 heterocycles. The summed E-state index contributed by atoms with van der Waals surface area (Å²) in [5, 5.41) is 3.60. The van der Waals surface area contributed by atoms with Crippen LogP contribution in [0, 0.1) is 0 Å². The molecule has 5 heteroatoms. The van der Waals surface area contributed by atoms with Gasteiger partial charge in [0.15, 0.2) is 0 Å². The Hall–Kier alpha value is -1.85. The minimum absolute atomic E-state index is 0.267. The molecule has 1 fully saturated rings. The Balaban J connectivity index is 1.79. The van der Waals surface area contributed by atoms with Crippen LogP contribution in [0.4, 0.5) is 11.4 Å². The second-order valence-corrected chi connectivity index (χ2v) is 8.16. The molecule has 2 aromatic carbocycles. The highest BCUT2D eigenvalue weighted by Crippen LogP contribution is 2.38. The van der Waals surface area contributed by atoms with Gasteiger partial charge in [-0.1, -0.05) is 30.3 Å². The van der Waals surface area contributed by atoms with Gasteiger partial charge < -0.3 is 21.5 Å². The van der Waals surface area contributed by atoms with Crippen LogP contribution in [0.5, 0.6) is 5.75 Å². The molecule has 0 amide bonds. The number of nitrogens with two attached hydrogens (primary N) is 2. The first-order valence-electron chi connectivity index (χ1n) is 8.80. The first kappa shape index (κ1) is 18.0. The van der Waals surface area contributed by atoms with Crippen molar-refractivity contribution < 1.29 is 4.74 Å². The molecule has 0 aromatic heterocycles. The molecule has 1 aliphatic rings. The second-order valence-electron chi connectivity index (χ2n) is 7.05. The maximum absolute atomic E-state index is 6.46. The van der Waals surface area contributed by atoms with Gasteiger partial charge in [0.25, 0.3) is 0 Å². The summed E-state index contributed by atoms with van der Waals surface area (Å²) in [5.41, 5.74) is 12.7. The molecule has 0 aliphatic carbocycles. The summed E-state index contributed by atoms with van der Waals surface area (Å²) < 4.78 is 6.46. The maximum Gasteiger partial charge on any atom is 0.134 e. The molecule has 3 rings (SSSR count). The monoisotopic (exact) mass is 357 g/mol. The van der Waals surface area contributed by atoms with E-state index in [-0.39, 0.29) is 5.60 Å². The van der Waals surface area contributed by atoms with Crippen LogP contribution < -0.4 is 21.5 Å². The smallest absolute Gasteiger partial charge is 0.134 e. The molecular formula is C20H27N3OS. The first-order chi connectivity index (χ1) is 12.0. The quantitative estimate of drug-likeness (QED) is 0.696. The van der Waals surface area contributed by atoms with Crippen LogP contribution in [-0.2, 0) is 0 Å². The second kappa shape index (κ2) is 7.58. The van der Waals surface area contributed by atoms with Crippen LogP contribution in [0.3, 0.4) is 0 Å². The first-order valence-corrected chi connectivity index (χ1v) is 9.61. The third kappa shape index (κ3) is 4.41. The highest BCUT2D eigenvalue weighted by molar-refractivity contribution is 7.99.